The molecule has 0 saturated carbocycles. The van der Waals surface area contributed by atoms with Gasteiger partial charge in [-0.3, -0.25) is 4.79 Å². The highest BCUT2D eigenvalue weighted by Gasteiger charge is 2.32. The maximum atomic E-state index is 12.8. The van der Waals surface area contributed by atoms with Gasteiger partial charge in [0.25, 0.3) is 0 Å². The third kappa shape index (κ3) is 3.38. The van der Waals surface area contributed by atoms with Gasteiger partial charge in [0.2, 0.25) is 0 Å². The number of benzene rings is 2. The van der Waals surface area contributed by atoms with Crippen LogP contribution in [-0.4, -0.2) is 18.0 Å². The number of carbonyl (C=O) groups is 1. The largest absolute Gasteiger partial charge is 0.872 e. The molecule has 26 heavy (non-hydrogen) atoms. The number of phenolic OH excluding ortho intramolecular Hbond substituents is 1. The Hall–Kier alpha value is -2.95. The molecular weight excluding hydrogens is 332 g/mol. The number of hydrogen-bond donors (Lipinski definition) is 1. The van der Waals surface area contributed by atoms with Crippen LogP contribution in [-0.2, 0) is 6.42 Å². The number of allylic oxidation sites excluding steroid dienone is 2. The fraction of sp³-hybridized carbons (Fsp3) is 0.286. The topological polar surface area (TPSA) is 78.8 Å². The molecule has 1 heterocycles. The molecule has 0 aromatic heterocycles. The highest BCUT2D eigenvalue weighted by Crippen LogP contribution is 2.45. The van der Waals surface area contributed by atoms with E-state index in [2.05, 4.69) is 0 Å². The van der Waals surface area contributed by atoms with E-state index >= 15 is 0 Å². The standard InChI is InChI=1S/C21H22O5/c1-12(2)4-9-15-16(23)10-19(25-3)20-17(24)11-18(26-21(15)20)13-5-7-14(22)8-6-13/h4-8,10,18,22-23H,9,11H2,1-3H3/p-1. The van der Waals surface area contributed by atoms with Crippen molar-refractivity contribution in [3.8, 4) is 23.0 Å². The van der Waals surface area contributed by atoms with Crippen molar-refractivity contribution in [2.24, 2.45) is 0 Å². The van der Waals surface area contributed by atoms with Crippen molar-refractivity contribution in [3.63, 3.8) is 0 Å². The number of Topliss-reactive ketones (excluding diaryl/α,β-unsaturated/α-hetero) is 1. The molecule has 1 unspecified atom stereocenters. The van der Waals surface area contributed by atoms with Crippen molar-refractivity contribution >= 4 is 5.78 Å². The molecule has 0 spiro atoms. The van der Waals surface area contributed by atoms with E-state index in [4.69, 9.17) is 9.47 Å². The molecule has 1 atom stereocenters. The van der Waals surface area contributed by atoms with Crippen molar-refractivity contribution < 1.29 is 24.5 Å². The van der Waals surface area contributed by atoms with Crippen LogP contribution in [0.3, 0.4) is 0 Å². The normalized spacial score (nSPS) is 15.8. The molecule has 0 saturated heterocycles. The van der Waals surface area contributed by atoms with Crippen molar-refractivity contribution in [2.75, 3.05) is 7.11 Å². The lowest BCUT2D eigenvalue weighted by Gasteiger charge is -2.31. The van der Waals surface area contributed by atoms with Crippen LogP contribution in [0.15, 0.2) is 42.0 Å². The average Bonchev–Trinajstić information content (AvgIpc) is 2.60. The Kier molecular flexibility index (Phi) is 4.89. The van der Waals surface area contributed by atoms with Crippen LogP contribution in [0.4, 0.5) is 0 Å². The second-order valence-electron chi connectivity index (χ2n) is 6.57. The van der Waals surface area contributed by atoms with Crippen LogP contribution in [0.2, 0.25) is 0 Å². The first-order chi connectivity index (χ1) is 12.4. The molecule has 2 aromatic rings. The zero-order valence-corrected chi connectivity index (χ0v) is 15.0. The summed E-state index contributed by atoms with van der Waals surface area (Å²) in [4.78, 5) is 12.8. The van der Waals surface area contributed by atoms with Crippen LogP contribution < -0.4 is 14.6 Å². The van der Waals surface area contributed by atoms with Crippen LogP contribution in [0, 0.1) is 0 Å². The fourth-order valence-electron chi connectivity index (χ4n) is 3.04. The second kappa shape index (κ2) is 7.12. The molecule has 5 nitrogen and oxygen atoms in total. The Bertz CT molecular complexity index is 861. The lowest BCUT2D eigenvalue weighted by molar-refractivity contribution is -0.269. The third-order valence-corrected chi connectivity index (χ3v) is 4.42. The Morgan fingerprint density at radius 2 is 2.04 bits per heavy atom. The van der Waals surface area contributed by atoms with Gasteiger partial charge in [0, 0.05) is 0 Å². The van der Waals surface area contributed by atoms with Crippen molar-refractivity contribution in [1.29, 1.82) is 0 Å². The van der Waals surface area contributed by atoms with Gasteiger partial charge in [0.15, 0.2) is 5.78 Å². The Balaban J connectivity index is 2.09. The van der Waals surface area contributed by atoms with E-state index in [0.29, 0.717) is 23.3 Å². The van der Waals surface area contributed by atoms with Gasteiger partial charge in [-0.2, -0.15) is 0 Å². The van der Waals surface area contributed by atoms with Crippen LogP contribution in [0.1, 0.15) is 47.9 Å². The molecular formula is C21H21O5-. The second-order valence-corrected chi connectivity index (χ2v) is 6.57. The molecule has 0 aliphatic carbocycles. The smallest absolute Gasteiger partial charge is 0.174 e. The fourth-order valence-corrected chi connectivity index (χ4v) is 3.04. The maximum Gasteiger partial charge on any atom is 0.174 e. The molecule has 0 bridgehead atoms. The molecule has 1 aliphatic rings. The van der Waals surface area contributed by atoms with E-state index in [-0.39, 0.29) is 29.5 Å². The van der Waals surface area contributed by atoms with E-state index in [1.165, 1.54) is 13.2 Å². The lowest BCUT2D eigenvalue weighted by atomic mass is 9.92. The SMILES string of the molecule is COc1cc([O-])c(CC=C(C)C)c2c1C(=O)CC(c1ccc(O)cc1)O2. The predicted octanol–water partition coefficient (Wildman–Crippen LogP) is 3.69. The van der Waals surface area contributed by atoms with Gasteiger partial charge < -0.3 is 19.7 Å². The highest BCUT2D eigenvalue weighted by molar-refractivity contribution is 6.03. The van der Waals surface area contributed by atoms with Crippen molar-refractivity contribution in [3.05, 3.63) is 58.7 Å². The van der Waals surface area contributed by atoms with Crippen LogP contribution in [0.5, 0.6) is 23.0 Å². The number of fused-ring (bicyclic) bond motifs is 1. The first-order valence-corrected chi connectivity index (χ1v) is 8.43. The number of phenols is 1. The van der Waals surface area contributed by atoms with Gasteiger partial charge >= 0.3 is 0 Å². The van der Waals surface area contributed by atoms with Crippen molar-refractivity contribution in [2.45, 2.75) is 32.8 Å². The van der Waals surface area contributed by atoms with E-state index in [0.717, 1.165) is 11.1 Å². The molecule has 5 heteroatoms. The number of methoxy groups -OCH3 is 1. The molecule has 136 valence electrons. The Morgan fingerprint density at radius 1 is 1.35 bits per heavy atom. The summed E-state index contributed by atoms with van der Waals surface area (Å²) in [6.45, 7) is 3.90. The quantitative estimate of drug-likeness (QED) is 0.848. The summed E-state index contributed by atoms with van der Waals surface area (Å²) in [6, 6.07) is 7.88. The summed E-state index contributed by atoms with van der Waals surface area (Å²) in [6.07, 6.45) is 1.96. The zero-order valence-electron chi connectivity index (χ0n) is 15.0. The number of rotatable bonds is 4. The number of aromatic hydroxyl groups is 1. The first kappa shape index (κ1) is 17.9. The third-order valence-electron chi connectivity index (χ3n) is 4.42. The van der Waals surface area contributed by atoms with Gasteiger partial charge in [0.05, 0.1) is 13.5 Å². The van der Waals surface area contributed by atoms with Crippen molar-refractivity contribution in [1.82, 2.24) is 0 Å². The summed E-state index contributed by atoms with van der Waals surface area (Å²) < 4.78 is 11.4. The van der Waals surface area contributed by atoms with E-state index in [1.54, 1.807) is 24.3 Å². The number of hydrogen-bond acceptors (Lipinski definition) is 5. The minimum Gasteiger partial charge on any atom is -0.872 e. The monoisotopic (exact) mass is 353 g/mol. The number of carbonyl (C=O) groups excluding carboxylic acids is 1. The van der Waals surface area contributed by atoms with E-state index in [1.807, 2.05) is 19.9 Å². The summed E-state index contributed by atoms with van der Waals surface area (Å²) in [5.74, 6) is 0.363. The number of ether oxygens (including phenoxy) is 2. The highest BCUT2D eigenvalue weighted by atomic mass is 16.5. The summed E-state index contributed by atoms with van der Waals surface area (Å²) in [5, 5.41) is 22.0. The summed E-state index contributed by atoms with van der Waals surface area (Å²) in [5.41, 5.74) is 2.63. The Labute approximate surface area is 152 Å². The summed E-state index contributed by atoms with van der Waals surface area (Å²) in [7, 11) is 1.43. The molecule has 2 aromatic carbocycles. The molecule has 0 amide bonds. The molecule has 3 rings (SSSR count). The average molecular weight is 353 g/mol. The lowest BCUT2D eigenvalue weighted by Crippen LogP contribution is -2.23. The van der Waals surface area contributed by atoms with Crippen LogP contribution >= 0.6 is 0 Å². The maximum absolute atomic E-state index is 12.8. The Morgan fingerprint density at radius 3 is 2.65 bits per heavy atom. The van der Waals surface area contributed by atoms with Gasteiger partial charge in [0.1, 0.15) is 28.9 Å². The molecule has 0 fully saturated rings. The zero-order chi connectivity index (χ0) is 18.8. The van der Waals surface area contributed by atoms with E-state index in [9.17, 15) is 15.0 Å². The van der Waals surface area contributed by atoms with E-state index < -0.39 is 6.10 Å². The molecule has 0 radical (unpaired) electrons. The van der Waals surface area contributed by atoms with Crippen LogP contribution in [0.25, 0.3) is 0 Å². The minimum absolute atomic E-state index is 0.125. The predicted molar refractivity (Wildman–Crippen MR) is 96.0 cm³/mol. The molecule has 1 aliphatic heterocycles. The van der Waals surface area contributed by atoms with Gasteiger partial charge in [-0.1, -0.05) is 29.5 Å². The van der Waals surface area contributed by atoms with Gasteiger partial charge in [-0.05, 0) is 49.6 Å². The minimum atomic E-state index is -0.507. The number of ketones is 1. The molecule has 1 N–H and O–H groups in total. The first-order valence-electron chi connectivity index (χ1n) is 8.43. The van der Waals surface area contributed by atoms with Gasteiger partial charge in [-0.15, -0.1) is 0 Å². The van der Waals surface area contributed by atoms with Gasteiger partial charge in [-0.25, -0.2) is 0 Å². The summed E-state index contributed by atoms with van der Waals surface area (Å²) >= 11 is 0.